The van der Waals surface area contributed by atoms with E-state index < -0.39 is 6.09 Å². The molecule has 0 aliphatic carbocycles. The maximum Gasteiger partial charge on any atom is 0.412 e. The van der Waals surface area contributed by atoms with Crippen LogP contribution in [-0.4, -0.2) is 18.2 Å². The Labute approximate surface area is 121 Å². The van der Waals surface area contributed by atoms with Gasteiger partial charge >= 0.3 is 6.09 Å². The Morgan fingerprint density at radius 3 is 2.60 bits per heavy atom. The number of anilines is 2. The van der Waals surface area contributed by atoms with Gasteiger partial charge in [0.05, 0.1) is 19.0 Å². The third-order valence-electron chi connectivity index (χ3n) is 2.59. The van der Waals surface area contributed by atoms with E-state index in [0.29, 0.717) is 17.4 Å². The van der Waals surface area contributed by atoms with Crippen molar-refractivity contribution in [2.45, 2.75) is 6.54 Å². The van der Waals surface area contributed by atoms with Crippen molar-refractivity contribution in [3.8, 4) is 0 Å². The second kappa shape index (κ2) is 6.77. The summed E-state index contributed by atoms with van der Waals surface area (Å²) in [6.07, 6.45) is 1.10. The van der Waals surface area contributed by atoms with Gasteiger partial charge in [0.2, 0.25) is 0 Å². The van der Waals surface area contributed by atoms with E-state index in [0.717, 1.165) is 11.3 Å². The Hall–Kier alpha value is -2.27. The lowest BCUT2D eigenvalue weighted by molar-refractivity contribution is 0.187. The fourth-order valence-corrected chi connectivity index (χ4v) is 1.66. The first-order valence-corrected chi connectivity index (χ1v) is 6.34. The van der Waals surface area contributed by atoms with Crippen LogP contribution >= 0.6 is 11.6 Å². The molecule has 2 aromatic rings. The normalized spacial score (nSPS) is 9.90. The fraction of sp³-hybridized carbons (Fsp3) is 0.143. The Morgan fingerprint density at radius 1 is 1.25 bits per heavy atom. The standard InChI is InChI=1S/C14H14ClN3O2/c1-20-14(19)18-13-7-6-12(9-17-13)16-8-10-2-4-11(15)5-3-10/h2-7,9,16H,8H2,1H3,(H,17,18,19). The van der Waals surface area contributed by atoms with Gasteiger partial charge in [0, 0.05) is 11.6 Å². The van der Waals surface area contributed by atoms with Crippen LogP contribution in [0.1, 0.15) is 5.56 Å². The highest BCUT2D eigenvalue weighted by Crippen LogP contribution is 2.13. The van der Waals surface area contributed by atoms with Crippen LogP contribution in [0, 0.1) is 0 Å². The molecule has 0 aliphatic heterocycles. The van der Waals surface area contributed by atoms with Crippen LogP contribution in [0.25, 0.3) is 0 Å². The minimum absolute atomic E-state index is 0.439. The van der Waals surface area contributed by atoms with Crippen LogP contribution in [0.3, 0.4) is 0 Å². The van der Waals surface area contributed by atoms with E-state index in [9.17, 15) is 4.79 Å². The molecule has 0 spiro atoms. The molecule has 0 bridgehead atoms. The van der Waals surface area contributed by atoms with Crippen LogP contribution < -0.4 is 10.6 Å². The Balaban J connectivity index is 1.90. The Kier molecular flexibility index (Phi) is 4.79. The van der Waals surface area contributed by atoms with Crippen molar-refractivity contribution in [1.29, 1.82) is 0 Å². The highest BCUT2D eigenvalue weighted by atomic mass is 35.5. The van der Waals surface area contributed by atoms with E-state index in [1.54, 1.807) is 12.3 Å². The second-order valence-corrected chi connectivity index (χ2v) is 4.47. The summed E-state index contributed by atoms with van der Waals surface area (Å²) in [7, 11) is 1.30. The molecule has 5 nitrogen and oxygen atoms in total. The number of nitrogens with one attached hydrogen (secondary N) is 2. The molecule has 2 N–H and O–H groups in total. The van der Waals surface area contributed by atoms with Gasteiger partial charge < -0.3 is 10.1 Å². The monoisotopic (exact) mass is 291 g/mol. The van der Waals surface area contributed by atoms with Gasteiger partial charge in [-0.25, -0.2) is 9.78 Å². The maximum atomic E-state index is 11.0. The molecule has 0 radical (unpaired) electrons. The molecule has 104 valence electrons. The highest BCUT2D eigenvalue weighted by Gasteiger charge is 2.01. The molecule has 0 unspecified atom stereocenters. The minimum Gasteiger partial charge on any atom is -0.453 e. The number of aromatic nitrogens is 1. The van der Waals surface area contributed by atoms with E-state index in [2.05, 4.69) is 20.4 Å². The number of pyridine rings is 1. The van der Waals surface area contributed by atoms with Crippen molar-refractivity contribution in [2.24, 2.45) is 0 Å². The van der Waals surface area contributed by atoms with Crippen molar-refractivity contribution in [2.75, 3.05) is 17.7 Å². The summed E-state index contributed by atoms with van der Waals surface area (Å²) in [5.74, 6) is 0.439. The quantitative estimate of drug-likeness (QED) is 0.904. The number of ether oxygens (including phenoxy) is 1. The van der Waals surface area contributed by atoms with E-state index in [-0.39, 0.29) is 0 Å². The van der Waals surface area contributed by atoms with Crippen LogP contribution in [0.15, 0.2) is 42.6 Å². The molecule has 2 rings (SSSR count). The van der Waals surface area contributed by atoms with E-state index in [1.807, 2.05) is 30.3 Å². The molecule has 0 fully saturated rings. The number of halogens is 1. The zero-order chi connectivity index (χ0) is 14.4. The van der Waals surface area contributed by atoms with Gasteiger partial charge in [-0.05, 0) is 29.8 Å². The van der Waals surface area contributed by atoms with Crippen LogP contribution in [0.4, 0.5) is 16.3 Å². The number of hydrogen-bond acceptors (Lipinski definition) is 4. The molecule has 1 amide bonds. The van der Waals surface area contributed by atoms with Gasteiger partial charge in [-0.3, -0.25) is 5.32 Å². The molecule has 0 aliphatic rings. The van der Waals surface area contributed by atoms with Gasteiger partial charge in [-0.1, -0.05) is 23.7 Å². The van der Waals surface area contributed by atoms with Crippen molar-refractivity contribution in [1.82, 2.24) is 4.98 Å². The lowest BCUT2D eigenvalue weighted by Crippen LogP contribution is -2.12. The van der Waals surface area contributed by atoms with E-state index >= 15 is 0 Å². The summed E-state index contributed by atoms with van der Waals surface area (Å²) in [4.78, 5) is 15.1. The Morgan fingerprint density at radius 2 is 2.00 bits per heavy atom. The largest absolute Gasteiger partial charge is 0.453 e. The zero-order valence-corrected chi connectivity index (χ0v) is 11.6. The van der Waals surface area contributed by atoms with Crippen molar-refractivity contribution in [3.05, 3.63) is 53.2 Å². The summed E-state index contributed by atoms with van der Waals surface area (Å²) < 4.78 is 4.48. The zero-order valence-electron chi connectivity index (χ0n) is 10.9. The number of hydrogen-bond donors (Lipinski definition) is 2. The molecular weight excluding hydrogens is 278 g/mol. The van der Waals surface area contributed by atoms with Crippen LogP contribution in [0.2, 0.25) is 5.02 Å². The van der Waals surface area contributed by atoms with Crippen molar-refractivity contribution >= 4 is 29.2 Å². The van der Waals surface area contributed by atoms with Crippen LogP contribution in [0.5, 0.6) is 0 Å². The number of amides is 1. The number of carbonyl (C=O) groups is 1. The molecular formula is C14H14ClN3O2. The topological polar surface area (TPSA) is 63.2 Å². The molecule has 0 saturated heterocycles. The third kappa shape index (κ3) is 4.13. The SMILES string of the molecule is COC(=O)Nc1ccc(NCc2ccc(Cl)cc2)cn1. The third-order valence-corrected chi connectivity index (χ3v) is 2.84. The first kappa shape index (κ1) is 14.1. The summed E-state index contributed by atoms with van der Waals surface area (Å²) >= 11 is 5.82. The molecule has 20 heavy (non-hydrogen) atoms. The van der Waals surface area contributed by atoms with Crippen molar-refractivity contribution in [3.63, 3.8) is 0 Å². The van der Waals surface area contributed by atoms with Gasteiger partial charge in [0.25, 0.3) is 0 Å². The minimum atomic E-state index is -0.542. The second-order valence-electron chi connectivity index (χ2n) is 4.03. The first-order valence-electron chi connectivity index (χ1n) is 5.97. The summed E-state index contributed by atoms with van der Waals surface area (Å²) in [5.41, 5.74) is 1.97. The maximum absolute atomic E-state index is 11.0. The predicted molar refractivity (Wildman–Crippen MR) is 79.0 cm³/mol. The number of benzene rings is 1. The number of nitrogens with zero attached hydrogens (tertiary/aromatic N) is 1. The molecule has 1 heterocycles. The first-order chi connectivity index (χ1) is 9.67. The van der Waals surface area contributed by atoms with E-state index in [1.165, 1.54) is 7.11 Å². The molecule has 1 aromatic heterocycles. The smallest absolute Gasteiger partial charge is 0.412 e. The number of rotatable bonds is 4. The molecule has 1 aromatic carbocycles. The van der Waals surface area contributed by atoms with Gasteiger partial charge in [0.15, 0.2) is 0 Å². The van der Waals surface area contributed by atoms with E-state index in [4.69, 9.17) is 11.6 Å². The van der Waals surface area contributed by atoms with Gasteiger partial charge in [-0.2, -0.15) is 0 Å². The Bertz CT molecular complexity index is 570. The lowest BCUT2D eigenvalue weighted by atomic mass is 10.2. The number of methoxy groups -OCH3 is 1. The predicted octanol–water partition coefficient (Wildman–Crippen LogP) is 3.53. The summed E-state index contributed by atoms with van der Waals surface area (Å²) in [5, 5.41) is 6.43. The molecule has 0 atom stereocenters. The molecule has 0 saturated carbocycles. The fourth-order valence-electron chi connectivity index (χ4n) is 1.53. The van der Waals surface area contributed by atoms with Gasteiger partial charge in [-0.15, -0.1) is 0 Å². The average molecular weight is 292 g/mol. The number of carbonyl (C=O) groups excluding carboxylic acids is 1. The molecule has 6 heteroatoms. The highest BCUT2D eigenvalue weighted by molar-refractivity contribution is 6.30. The average Bonchev–Trinajstić information content (AvgIpc) is 2.48. The van der Waals surface area contributed by atoms with Crippen molar-refractivity contribution < 1.29 is 9.53 Å². The van der Waals surface area contributed by atoms with Gasteiger partial charge in [0.1, 0.15) is 5.82 Å². The summed E-state index contributed by atoms with van der Waals surface area (Å²) in [6, 6.07) is 11.1. The summed E-state index contributed by atoms with van der Waals surface area (Å²) in [6.45, 7) is 0.669. The van der Waals surface area contributed by atoms with Crippen LogP contribution in [-0.2, 0) is 11.3 Å². The lowest BCUT2D eigenvalue weighted by Gasteiger charge is -2.07.